The van der Waals surface area contributed by atoms with Gasteiger partial charge in [0.05, 0.1) is 0 Å². The molecule has 2 N–H and O–H groups in total. The Morgan fingerprint density at radius 3 is 3.00 bits per heavy atom. The van der Waals surface area contributed by atoms with E-state index in [1.54, 1.807) is 30.0 Å². The van der Waals surface area contributed by atoms with Gasteiger partial charge in [0.25, 0.3) is 0 Å². The van der Waals surface area contributed by atoms with E-state index >= 15 is 0 Å². The van der Waals surface area contributed by atoms with Crippen molar-refractivity contribution in [2.75, 3.05) is 19.5 Å². The summed E-state index contributed by atoms with van der Waals surface area (Å²) in [5.74, 6) is 0.636. The van der Waals surface area contributed by atoms with Crippen LogP contribution in [0.4, 0.5) is 5.69 Å². The summed E-state index contributed by atoms with van der Waals surface area (Å²) in [6.07, 6.45) is 1.90. The number of methoxy groups -OCH3 is 1. The summed E-state index contributed by atoms with van der Waals surface area (Å²) in [7, 11) is 1.69. The maximum atomic E-state index is 5.98. The fourth-order valence-corrected chi connectivity index (χ4v) is 1.95. The number of hydrogen-bond acceptors (Lipinski definition) is 5. The Kier molecular flexibility index (Phi) is 4.70. The molecule has 0 radical (unpaired) electrons. The Morgan fingerprint density at radius 2 is 2.21 bits per heavy atom. The van der Waals surface area contributed by atoms with Gasteiger partial charge in [-0.1, -0.05) is 11.6 Å². The van der Waals surface area contributed by atoms with Crippen molar-refractivity contribution < 1.29 is 4.74 Å². The number of aryl methyl sites for hydroxylation is 1. The van der Waals surface area contributed by atoms with E-state index in [0.29, 0.717) is 16.5 Å². The van der Waals surface area contributed by atoms with E-state index in [1.807, 2.05) is 0 Å². The zero-order valence-electron chi connectivity index (χ0n) is 10.7. The predicted molar refractivity (Wildman–Crippen MR) is 73.8 cm³/mol. The zero-order valence-corrected chi connectivity index (χ0v) is 11.5. The number of aromatic nitrogens is 4. The minimum Gasteiger partial charge on any atom is -0.398 e. The molecule has 19 heavy (non-hydrogen) atoms. The van der Waals surface area contributed by atoms with E-state index in [2.05, 4.69) is 15.5 Å². The number of nitrogens with two attached hydrogens (primary N) is 1. The first-order chi connectivity index (χ1) is 9.22. The molecule has 0 atom stereocenters. The highest BCUT2D eigenvalue weighted by atomic mass is 35.5. The number of nitrogen functional groups attached to an aromatic ring is 1. The number of ether oxygens (including phenoxy) is 1. The molecule has 0 aliphatic heterocycles. The highest BCUT2D eigenvalue weighted by Gasteiger charge is 2.12. The smallest absolute Gasteiger partial charge is 0.184 e. The van der Waals surface area contributed by atoms with Crippen molar-refractivity contribution in [3.05, 3.63) is 23.2 Å². The van der Waals surface area contributed by atoms with Crippen LogP contribution >= 0.6 is 11.6 Å². The predicted octanol–water partition coefficient (Wildman–Crippen LogP) is 2.00. The van der Waals surface area contributed by atoms with Crippen LogP contribution < -0.4 is 5.73 Å². The average molecular weight is 282 g/mol. The van der Waals surface area contributed by atoms with Crippen LogP contribution in [0.25, 0.3) is 11.4 Å². The van der Waals surface area contributed by atoms with Crippen molar-refractivity contribution in [2.45, 2.75) is 19.4 Å². The Balaban J connectivity index is 2.16. The molecule has 7 heteroatoms. The molecule has 0 amide bonds. The van der Waals surface area contributed by atoms with Crippen LogP contribution in [0.15, 0.2) is 18.2 Å². The first-order valence-corrected chi connectivity index (χ1v) is 6.40. The van der Waals surface area contributed by atoms with Gasteiger partial charge in [-0.25, -0.2) is 4.68 Å². The van der Waals surface area contributed by atoms with Gasteiger partial charge >= 0.3 is 0 Å². The molecule has 102 valence electrons. The van der Waals surface area contributed by atoms with Gasteiger partial charge in [0.1, 0.15) is 0 Å². The van der Waals surface area contributed by atoms with Gasteiger partial charge in [0.2, 0.25) is 0 Å². The van der Waals surface area contributed by atoms with Crippen LogP contribution in [0, 0.1) is 0 Å². The molecule has 0 aliphatic rings. The van der Waals surface area contributed by atoms with Crippen molar-refractivity contribution in [1.29, 1.82) is 0 Å². The normalized spacial score (nSPS) is 10.8. The van der Waals surface area contributed by atoms with E-state index in [1.165, 1.54) is 0 Å². The molecule has 2 rings (SSSR count). The number of anilines is 1. The van der Waals surface area contributed by atoms with Crippen LogP contribution in [0.1, 0.15) is 12.8 Å². The molecule has 0 bridgehead atoms. The quantitative estimate of drug-likeness (QED) is 0.647. The number of hydrogen-bond donors (Lipinski definition) is 1. The van der Waals surface area contributed by atoms with Gasteiger partial charge in [-0.05, 0) is 41.5 Å². The second-order valence-electron chi connectivity index (χ2n) is 4.16. The molecule has 0 saturated carbocycles. The van der Waals surface area contributed by atoms with E-state index in [0.717, 1.165) is 31.6 Å². The molecular formula is C12H16ClN5O. The van der Waals surface area contributed by atoms with E-state index in [-0.39, 0.29) is 0 Å². The van der Waals surface area contributed by atoms with Gasteiger partial charge in [-0.3, -0.25) is 0 Å². The molecule has 1 aromatic heterocycles. The van der Waals surface area contributed by atoms with Crippen LogP contribution in [0.2, 0.25) is 5.02 Å². The summed E-state index contributed by atoms with van der Waals surface area (Å²) in [6, 6.07) is 5.27. The fourth-order valence-electron chi connectivity index (χ4n) is 1.78. The van der Waals surface area contributed by atoms with Crippen molar-refractivity contribution in [3.8, 4) is 11.4 Å². The number of halogens is 1. The van der Waals surface area contributed by atoms with Crippen molar-refractivity contribution in [1.82, 2.24) is 20.2 Å². The van der Waals surface area contributed by atoms with E-state index in [4.69, 9.17) is 22.1 Å². The van der Waals surface area contributed by atoms with Gasteiger partial charge < -0.3 is 10.5 Å². The molecular weight excluding hydrogens is 266 g/mol. The van der Waals surface area contributed by atoms with Crippen LogP contribution in [-0.2, 0) is 11.3 Å². The van der Waals surface area contributed by atoms with Gasteiger partial charge in [-0.15, -0.1) is 5.10 Å². The summed E-state index contributed by atoms with van der Waals surface area (Å²) in [4.78, 5) is 0. The van der Waals surface area contributed by atoms with Crippen molar-refractivity contribution in [2.24, 2.45) is 0 Å². The molecule has 0 saturated heterocycles. The molecule has 0 aliphatic carbocycles. The van der Waals surface area contributed by atoms with Gasteiger partial charge in [0.15, 0.2) is 5.82 Å². The summed E-state index contributed by atoms with van der Waals surface area (Å²) in [5, 5.41) is 12.3. The molecule has 1 heterocycles. The first kappa shape index (κ1) is 13.8. The molecule has 0 unspecified atom stereocenters. The maximum absolute atomic E-state index is 5.98. The molecule has 0 spiro atoms. The molecule has 2 aromatic rings. The molecule has 0 fully saturated rings. The molecule has 1 aromatic carbocycles. The summed E-state index contributed by atoms with van der Waals surface area (Å²) in [5.41, 5.74) is 7.30. The molecule has 6 nitrogen and oxygen atoms in total. The third-order valence-corrected chi connectivity index (χ3v) is 2.99. The summed E-state index contributed by atoms with van der Waals surface area (Å²) in [6.45, 7) is 1.45. The standard InChI is InChI=1S/C12H16ClN5O/c1-19-7-3-2-6-18-12(15-16-17-18)10-8-9(13)4-5-11(10)14/h4-5,8H,2-3,6-7,14H2,1H3. The second-order valence-corrected chi connectivity index (χ2v) is 4.59. The number of nitrogens with zero attached hydrogens (tertiary/aromatic N) is 4. The van der Waals surface area contributed by atoms with Crippen LogP contribution in [-0.4, -0.2) is 33.9 Å². The highest BCUT2D eigenvalue weighted by molar-refractivity contribution is 6.31. The lowest BCUT2D eigenvalue weighted by Gasteiger charge is -2.07. The Bertz CT molecular complexity index is 543. The third kappa shape index (κ3) is 3.42. The van der Waals surface area contributed by atoms with Crippen molar-refractivity contribution >= 4 is 17.3 Å². The second kappa shape index (κ2) is 6.49. The lowest BCUT2D eigenvalue weighted by Crippen LogP contribution is -2.05. The topological polar surface area (TPSA) is 78.8 Å². The number of rotatable bonds is 6. The lowest BCUT2D eigenvalue weighted by molar-refractivity contribution is 0.191. The largest absolute Gasteiger partial charge is 0.398 e. The lowest BCUT2D eigenvalue weighted by atomic mass is 10.1. The average Bonchev–Trinajstić information content (AvgIpc) is 2.86. The monoisotopic (exact) mass is 281 g/mol. The Morgan fingerprint density at radius 1 is 1.37 bits per heavy atom. The Hall–Kier alpha value is -1.66. The van der Waals surface area contributed by atoms with Crippen molar-refractivity contribution in [3.63, 3.8) is 0 Å². The number of unbranched alkanes of at least 4 members (excludes halogenated alkanes) is 1. The third-order valence-electron chi connectivity index (χ3n) is 2.76. The Labute approximate surface area is 116 Å². The van der Waals surface area contributed by atoms with Gasteiger partial charge in [0, 0.05) is 36.5 Å². The highest BCUT2D eigenvalue weighted by Crippen LogP contribution is 2.26. The first-order valence-electron chi connectivity index (χ1n) is 6.03. The maximum Gasteiger partial charge on any atom is 0.184 e. The summed E-state index contributed by atoms with van der Waals surface area (Å²) < 4.78 is 6.75. The zero-order chi connectivity index (χ0) is 13.7. The van der Waals surface area contributed by atoms with Crippen LogP contribution in [0.3, 0.4) is 0 Å². The fraction of sp³-hybridized carbons (Fsp3) is 0.417. The number of benzene rings is 1. The van der Waals surface area contributed by atoms with E-state index < -0.39 is 0 Å². The van der Waals surface area contributed by atoms with Crippen LogP contribution in [0.5, 0.6) is 0 Å². The minimum atomic E-state index is 0.609. The van der Waals surface area contributed by atoms with Gasteiger partial charge in [-0.2, -0.15) is 0 Å². The van der Waals surface area contributed by atoms with E-state index in [9.17, 15) is 0 Å². The minimum absolute atomic E-state index is 0.609. The SMILES string of the molecule is COCCCCn1nnnc1-c1cc(Cl)ccc1N. The summed E-state index contributed by atoms with van der Waals surface area (Å²) >= 11 is 5.98. The number of tetrazole rings is 1.